The lowest BCUT2D eigenvalue weighted by atomic mass is 10.0. The van der Waals surface area contributed by atoms with E-state index in [2.05, 4.69) is 0 Å². The Hall–Kier alpha value is -3.33. The van der Waals surface area contributed by atoms with E-state index in [0.717, 1.165) is 23.9 Å². The summed E-state index contributed by atoms with van der Waals surface area (Å²) < 4.78 is 53.1. The van der Waals surface area contributed by atoms with E-state index in [1.54, 1.807) is 24.3 Å². The molecular weight excluding hydrogens is 456 g/mol. The quantitative estimate of drug-likeness (QED) is 0.485. The molecule has 0 aliphatic carbocycles. The smallest absolute Gasteiger partial charge is 0.304 e. The molecule has 0 radical (unpaired) electrons. The standard InChI is InChI=1S/C24H16F4N2O2S/c25-17-8-10-18(11-9-17)30-21(31)14-33-23(30)19-6-1-2-7-20(19)29(22(23)32)13-15-4-3-5-16(12-15)24(26,27)28/h1-12H,13-14H2/t23-/m1/s1. The first kappa shape index (κ1) is 21.5. The number of carbonyl (C=O) groups excluding carboxylic acids is 2. The Kier molecular flexibility index (Phi) is 4.97. The number of hydrogen-bond acceptors (Lipinski definition) is 3. The number of benzene rings is 3. The third kappa shape index (κ3) is 3.38. The number of nitrogens with zero attached hydrogens (tertiary/aromatic N) is 2. The molecule has 0 aromatic heterocycles. The third-order valence-electron chi connectivity index (χ3n) is 5.74. The predicted octanol–water partition coefficient (Wildman–Crippen LogP) is 5.32. The van der Waals surface area contributed by atoms with Gasteiger partial charge in [-0.05, 0) is 48.0 Å². The molecule has 3 aromatic carbocycles. The van der Waals surface area contributed by atoms with Gasteiger partial charge in [0.25, 0.3) is 5.91 Å². The minimum absolute atomic E-state index is 0.0366. The normalized spacial score (nSPS) is 20.1. The van der Waals surface area contributed by atoms with Crippen LogP contribution in [0, 0.1) is 5.82 Å². The van der Waals surface area contributed by atoms with Crippen molar-refractivity contribution in [3.05, 3.63) is 95.3 Å². The second-order valence-electron chi connectivity index (χ2n) is 7.74. The molecule has 0 N–H and O–H groups in total. The molecule has 0 bridgehead atoms. The van der Waals surface area contributed by atoms with E-state index >= 15 is 0 Å². The van der Waals surface area contributed by atoms with Crippen LogP contribution in [0.3, 0.4) is 0 Å². The molecule has 1 saturated heterocycles. The van der Waals surface area contributed by atoms with Crippen molar-refractivity contribution in [2.75, 3.05) is 15.6 Å². The number of thioether (sulfide) groups is 1. The molecule has 2 aliphatic heterocycles. The maximum Gasteiger partial charge on any atom is 0.416 e. The fraction of sp³-hybridized carbons (Fsp3) is 0.167. The molecule has 0 saturated carbocycles. The van der Waals surface area contributed by atoms with Crippen molar-refractivity contribution in [3.8, 4) is 0 Å². The average Bonchev–Trinajstić information content (AvgIpc) is 3.25. The number of para-hydroxylation sites is 1. The number of fused-ring (bicyclic) bond motifs is 2. The summed E-state index contributed by atoms with van der Waals surface area (Å²) >= 11 is 1.15. The lowest BCUT2D eigenvalue weighted by Gasteiger charge is -2.33. The van der Waals surface area contributed by atoms with Gasteiger partial charge in [0.2, 0.25) is 10.8 Å². The maximum atomic E-state index is 13.9. The number of halogens is 4. The SMILES string of the molecule is O=C1CS[C@]2(C(=O)N(Cc3cccc(C(F)(F)F)c3)c3ccccc32)N1c1ccc(F)cc1. The number of hydrogen-bond donors (Lipinski definition) is 0. The number of carbonyl (C=O) groups is 2. The number of alkyl halides is 3. The molecule has 33 heavy (non-hydrogen) atoms. The van der Waals surface area contributed by atoms with Crippen LogP contribution in [-0.2, 0) is 27.2 Å². The Labute approximate surface area is 190 Å². The number of rotatable bonds is 3. The largest absolute Gasteiger partial charge is 0.416 e. The monoisotopic (exact) mass is 472 g/mol. The van der Waals surface area contributed by atoms with Crippen molar-refractivity contribution in [1.82, 2.24) is 0 Å². The third-order valence-corrected chi connectivity index (χ3v) is 7.13. The first-order chi connectivity index (χ1) is 15.7. The Morgan fingerprint density at radius 3 is 2.39 bits per heavy atom. The zero-order valence-corrected chi connectivity index (χ0v) is 17.8. The number of amides is 2. The average molecular weight is 472 g/mol. The zero-order chi connectivity index (χ0) is 23.4. The van der Waals surface area contributed by atoms with Crippen molar-refractivity contribution in [3.63, 3.8) is 0 Å². The van der Waals surface area contributed by atoms with Crippen LogP contribution < -0.4 is 9.80 Å². The molecule has 1 atom stereocenters. The molecule has 3 aromatic rings. The van der Waals surface area contributed by atoms with Gasteiger partial charge in [0.1, 0.15) is 5.82 Å². The molecule has 168 valence electrons. The lowest BCUT2D eigenvalue weighted by Crippen LogP contribution is -2.49. The molecule has 2 heterocycles. The lowest BCUT2D eigenvalue weighted by molar-refractivity contribution is -0.137. The van der Waals surface area contributed by atoms with E-state index in [0.29, 0.717) is 22.5 Å². The van der Waals surface area contributed by atoms with Crippen molar-refractivity contribution in [1.29, 1.82) is 0 Å². The molecule has 4 nitrogen and oxygen atoms in total. The van der Waals surface area contributed by atoms with Crippen LogP contribution in [0.5, 0.6) is 0 Å². The molecule has 0 unspecified atom stereocenters. The summed E-state index contributed by atoms with van der Waals surface area (Å²) in [4.78, 5) is 28.2. The van der Waals surface area contributed by atoms with Gasteiger partial charge in [0.15, 0.2) is 0 Å². The highest BCUT2D eigenvalue weighted by Gasteiger charge is 2.60. The molecule has 5 rings (SSSR count). The zero-order valence-electron chi connectivity index (χ0n) is 17.0. The fourth-order valence-electron chi connectivity index (χ4n) is 4.33. The van der Waals surface area contributed by atoms with Crippen LogP contribution >= 0.6 is 11.8 Å². The predicted molar refractivity (Wildman–Crippen MR) is 117 cm³/mol. The van der Waals surface area contributed by atoms with Gasteiger partial charge in [-0.1, -0.05) is 30.3 Å². The van der Waals surface area contributed by atoms with Gasteiger partial charge in [0.05, 0.1) is 23.5 Å². The summed E-state index contributed by atoms with van der Waals surface area (Å²) in [7, 11) is 0. The van der Waals surface area contributed by atoms with E-state index in [-0.39, 0.29) is 18.2 Å². The Morgan fingerprint density at radius 1 is 0.939 bits per heavy atom. The van der Waals surface area contributed by atoms with Crippen molar-refractivity contribution in [2.24, 2.45) is 0 Å². The van der Waals surface area contributed by atoms with Gasteiger partial charge in [-0.2, -0.15) is 13.2 Å². The molecule has 1 spiro atoms. The van der Waals surface area contributed by atoms with Crippen LogP contribution in [0.15, 0.2) is 72.8 Å². The first-order valence-corrected chi connectivity index (χ1v) is 11.0. The van der Waals surface area contributed by atoms with Gasteiger partial charge >= 0.3 is 6.18 Å². The topological polar surface area (TPSA) is 40.6 Å². The van der Waals surface area contributed by atoms with E-state index < -0.39 is 28.3 Å². The maximum absolute atomic E-state index is 13.9. The van der Waals surface area contributed by atoms with Crippen LogP contribution in [0.4, 0.5) is 28.9 Å². The summed E-state index contributed by atoms with van der Waals surface area (Å²) in [5, 5.41) is 0. The number of anilines is 2. The second kappa shape index (κ2) is 7.62. The van der Waals surface area contributed by atoms with Crippen molar-refractivity contribution >= 4 is 35.0 Å². The minimum atomic E-state index is -4.50. The fourth-order valence-corrected chi connectivity index (χ4v) is 5.69. The summed E-state index contributed by atoms with van der Waals surface area (Å²) in [5.41, 5.74) is 0.979. The van der Waals surface area contributed by atoms with Crippen LogP contribution in [0.2, 0.25) is 0 Å². The summed E-state index contributed by atoms with van der Waals surface area (Å²) in [6.07, 6.45) is -4.50. The van der Waals surface area contributed by atoms with Crippen LogP contribution in [0.1, 0.15) is 16.7 Å². The summed E-state index contributed by atoms with van der Waals surface area (Å²) in [6, 6.07) is 17.1. The Balaban J connectivity index is 1.60. The van der Waals surface area contributed by atoms with Gasteiger partial charge in [-0.3, -0.25) is 14.5 Å². The molecule has 1 fully saturated rings. The minimum Gasteiger partial charge on any atom is -0.304 e. The van der Waals surface area contributed by atoms with Crippen molar-refractivity contribution < 1.29 is 27.2 Å². The van der Waals surface area contributed by atoms with Gasteiger partial charge in [-0.15, -0.1) is 11.8 Å². The van der Waals surface area contributed by atoms with Crippen LogP contribution in [-0.4, -0.2) is 17.6 Å². The van der Waals surface area contributed by atoms with Crippen molar-refractivity contribution in [2.45, 2.75) is 17.6 Å². The summed E-state index contributed by atoms with van der Waals surface area (Å²) in [6.45, 7) is -0.0898. The second-order valence-corrected chi connectivity index (χ2v) is 8.91. The first-order valence-electron chi connectivity index (χ1n) is 10.0. The van der Waals surface area contributed by atoms with E-state index in [9.17, 15) is 27.2 Å². The van der Waals surface area contributed by atoms with Crippen LogP contribution in [0.25, 0.3) is 0 Å². The van der Waals surface area contributed by atoms with E-state index in [1.807, 2.05) is 0 Å². The highest BCUT2D eigenvalue weighted by atomic mass is 32.2. The highest BCUT2D eigenvalue weighted by Crippen LogP contribution is 2.55. The van der Waals surface area contributed by atoms with Gasteiger partial charge < -0.3 is 4.90 Å². The highest BCUT2D eigenvalue weighted by molar-refractivity contribution is 8.02. The molecule has 2 aliphatic rings. The van der Waals surface area contributed by atoms with Gasteiger partial charge in [0, 0.05) is 11.3 Å². The Bertz CT molecular complexity index is 1260. The molecule has 2 amide bonds. The van der Waals surface area contributed by atoms with Gasteiger partial charge in [-0.25, -0.2) is 4.39 Å². The summed E-state index contributed by atoms with van der Waals surface area (Å²) in [5.74, 6) is -1.18. The Morgan fingerprint density at radius 2 is 1.67 bits per heavy atom. The molecular formula is C24H16F4N2O2S. The molecule has 9 heteroatoms. The van der Waals surface area contributed by atoms with E-state index in [1.165, 1.54) is 46.2 Å². The van der Waals surface area contributed by atoms with E-state index in [4.69, 9.17) is 0 Å².